The third-order valence-electron chi connectivity index (χ3n) is 1.97. The Hall–Kier alpha value is -2.41. The second-order valence-electron chi connectivity index (χ2n) is 2.87. The summed E-state index contributed by atoms with van der Waals surface area (Å²) in [5.74, 6) is 4.91. The van der Waals surface area contributed by atoms with E-state index in [1.807, 2.05) is 0 Å². The Kier molecular flexibility index (Phi) is 2.30. The summed E-state index contributed by atoms with van der Waals surface area (Å²) in [6, 6.07) is 1.72. The van der Waals surface area contributed by atoms with E-state index >= 15 is 0 Å². The van der Waals surface area contributed by atoms with Crippen molar-refractivity contribution in [3.05, 3.63) is 29.6 Å². The predicted molar refractivity (Wildman–Crippen MR) is 54.4 cm³/mol. The van der Waals surface area contributed by atoms with Crippen molar-refractivity contribution in [2.45, 2.75) is 0 Å². The highest BCUT2D eigenvalue weighted by atomic mass is 16.1. The first-order valence-electron chi connectivity index (χ1n) is 4.22. The number of carbonyl (C=O) groups is 2. The van der Waals surface area contributed by atoms with Gasteiger partial charge < -0.3 is 4.98 Å². The Morgan fingerprint density at radius 1 is 1.40 bits per heavy atom. The fraction of sp³-hybridized carbons (Fsp3) is 0. The molecule has 2 rings (SSSR count). The summed E-state index contributed by atoms with van der Waals surface area (Å²) in [6.45, 7) is 0. The zero-order chi connectivity index (χ0) is 10.7. The molecule has 0 unspecified atom stereocenters. The number of fused-ring (bicyclic) bond motifs is 1. The molecule has 0 saturated carbocycles. The van der Waals surface area contributed by atoms with Crippen molar-refractivity contribution in [2.24, 2.45) is 0 Å². The van der Waals surface area contributed by atoms with E-state index in [1.54, 1.807) is 18.5 Å². The number of hydrogen-bond donors (Lipinski definition) is 1. The van der Waals surface area contributed by atoms with Crippen LogP contribution in [0.3, 0.4) is 0 Å². The Bertz CT molecular complexity index is 587. The maximum absolute atomic E-state index is 10.7. The second-order valence-corrected chi connectivity index (χ2v) is 2.87. The molecule has 2 aromatic rings. The lowest BCUT2D eigenvalue weighted by molar-refractivity contribution is -0.103. The molecular weight excluding hydrogens is 192 g/mol. The lowest BCUT2D eigenvalue weighted by Gasteiger charge is -1.91. The molecule has 4 heteroatoms. The number of rotatable bonds is 1. The zero-order valence-corrected chi connectivity index (χ0v) is 7.65. The molecule has 0 aliphatic heterocycles. The lowest BCUT2D eigenvalue weighted by Crippen LogP contribution is -1.82. The van der Waals surface area contributed by atoms with Crippen LogP contribution in [0.25, 0.3) is 11.0 Å². The first-order chi connectivity index (χ1) is 7.35. The summed E-state index contributed by atoms with van der Waals surface area (Å²) in [5, 5.41) is 0.711. The van der Waals surface area contributed by atoms with Gasteiger partial charge in [0.1, 0.15) is 5.65 Å². The molecule has 72 valence electrons. The molecule has 0 aromatic carbocycles. The number of pyridine rings is 1. The third-order valence-corrected chi connectivity index (χ3v) is 1.97. The van der Waals surface area contributed by atoms with Gasteiger partial charge in [-0.15, -0.1) is 0 Å². The Morgan fingerprint density at radius 3 is 3.00 bits per heavy atom. The highest BCUT2D eigenvalue weighted by Gasteiger charge is 2.03. The summed E-state index contributed by atoms with van der Waals surface area (Å²) in [4.78, 5) is 27.7. The van der Waals surface area contributed by atoms with E-state index < -0.39 is 0 Å². The van der Waals surface area contributed by atoms with E-state index in [0.29, 0.717) is 28.4 Å². The third kappa shape index (κ3) is 1.63. The molecule has 0 aliphatic carbocycles. The van der Waals surface area contributed by atoms with Gasteiger partial charge in [-0.3, -0.25) is 9.59 Å². The molecule has 0 radical (unpaired) electrons. The van der Waals surface area contributed by atoms with E-state index in [1.165, 1.54) is 0 Å². The molecule has 0 aliphatic rings. The van der Waals surface area contributed by atoms with Crippen LogP contribution in [-0.2, 0) is 4.79 Å². The van der Waals surface area contributed by atoms with Crippen molar-refractivity contribution in [3.8, 4) is 11.8 Å². The molecule has 0 atom stereocenters. The minimum Gasteiger partial charge on any atom is -0.345 e. The Balaban J connectivity index is 2.62. The van der Waals surface area contributed by atoms with Gasteiger partial charge in [-0.1, -0.05) is 5.92 Å². The SMILES string of the molecule is O=CC#Cc1cnc2[nH]cc(C=O)c2c1. The number of nitrogens with zero attached hydrogens (tertiary/aromatic N) is 1. The van der Waals surface area contributed by atoms with Crippen LogP contribution in [0.15, 0.2) is 18.5 Å². The average molecular weight is 198 g/mol. The summed E-state index contributed by atoms with van der Waals surface area (Å²) in [7, 11) is 0. The lowest BCUT2D eigenvalue weighted by atomic mass is 10.2. The second kappa shape index (κ2) is 3.76. The normalized spacial score (nSPS) is 9.33. The number of aromatic nitrogens is 2. The standard InChI is InChI=1S/C11H6N2O2/c14-3-1-2-8-4-10-9(7-15)6-13-11(10)12-5-8/h3-7H,(H,12,13). The largest absolute Gasteiger partial charge is 0.345 e. The molecular formula is C11H6N2O2. The van der Waals surface area contributed by atoms with Crippen LogP contribution in [0.5, 0.6) is 0 Å². The monoisotopic (exact) mass is 198 g/mol. The molecule has 2 heterocycles. The molecule has 4 nitrogen and oxygen atoms in total. The van der Waals surface area contributed by atoms with E-state index in [9.17, 15) is 9.59 Å². The molecule has 1 N–H and O–H groups in total. The summed E-state index contributed by atoms with van der Waals surface area (Å²) in [5.41, 5.74) is 1.78. The van der Waals surface area contributed by atoms with Gasteiger partial charge in [0.05, 0.1) is 0 Å². The van der Waals surface area contributed by atoms with Gasteiger partial charge in [0.2, 0.25) is 0 Å². The van der Waals surface area contributed by atoms with E-state index in [0.717, 1.165) is 6.29 Å². The number of aldehydes is 2. The van der Waals surface area contributed by atoms with Crippen LogP contribution in [0.4, 0.5) is 0 Å². The maximum Gasteiger partial charge on any atom is 0.193 e. The van der Waals surface area contributed by atoms with Crippen molar-refractivity contribution in [1.82, 2.24) is 9.97 Å². The van der Waals surface area contributed by atoms with Gasteiger partial charge >= 0.3 is 0 Å². The summed E-state index contributed by atoms with van der Waals surface area (Å²) < 4.78 is 0. The Morgan fingerprint density at radius 2 is 2.27 bits per heavy atom. The highest BCUT2D eigenvalue weighted by Crippen LogP contribution is 2.15. The summed E-state index contributed by atoms with van der Waals surface area (Å²) in [6.07, 6.45) is 4.39. The minimum atomic E-state index is 0.516. The number of carbonyl (C=O) groups excluding carboxylic acids is 2. The van der Waals surface area contributed by atoms with E-state index in [-0.39, 0.29) is 0 Å². The van der Waals surface area contributed by atoms with Crippen molar-refractivity contribution in [3.63, 3.8) is 0 Å². The first kappa shape index (κ1) is 9.16. The van der Waals surface area contributed by atoms with Crippen LogP contribution in [0, 0.1) is 11.8 Å². The molecule has 0 bridgehead atoms. The van der Waals surface area contributed by atoms with Gasteiger partial charge in [0.25, 0.3) is 0 Å². The van der Waals surface area contributed by atoms with Gasteiger partial charge in [0, 0.05) is 28.9 Å². The van der Waals surface area contributed by atoms with Crippen molar-refractivity contribution in [1.29, 1.82) is 0 Å². The van der Waals surface area contributed by atoms with Gasteiger partial charge in [-0.25, -0.2) is 4.98 Å². The number of hydrogen-bond acceptors (Lipinski definition) is 3. The van der Waals surface area contributed by atoms with Gasteiger partial charge in [-0.2, -0.15) is 0 Å². The molecule has 0 saturated heterocycles. The number of nitrogens with one attached hydrogen (secondary N) is 1. The van der Waals surface area contributed by atoms with E-state index in [4.69, 9.17) is 0 Å². The smallest absolute Gasteiger partial charge is 0.193 e. The van der Waals surface area contributed by atoms with Crippen molar-refractivity contribution >= 4 is 23.6 Å². The average Bonchev–Trinajstić information content (AvgIpc) is 2.68. The van der Waals surface area contributed by atoms with Crippen LogP contribution in [0.1, 0.15) is 15.9 Å². The minimum absolute atomic E-state index is 0.516. The zero-order valence-electron chi connectivity index (χ0n) is 7.65. The number of H-pyrrole nitrogens is 1. The molecule has 0 spiro atoms. The van der Waals surface area contributed by atoms with Crippen LogP contribution >= 0.6 is 0 Å². The fourth-order valence-electron chi connectivity index (χ4n) is 1.30. The number of aromatic amines is 1. The topological polar surface area (TPSA) is 62.8 Å². The predicted octanol–water partition coefficient (Wildman–Crippen LogP) is 0.926. The van der Waals surface area contributed by atoms with Crippen LogP contribution < -0.4 is 0 Å². The van der Waals surface area contributed by atoms with E-state index in [2.05, 4.69) is 21.8 Å². The summed E-state index contributed by atoms with van der Waals surface area (Å²) >= 11 is 0. The molecule has 0 fully saturated rings. The van der Waals surface area contributed by atoms with Gasteiger partial charge in [0.15, 0.2) is 12.6 Å². The highest BCUT2D eigenvalue weighted by molar-refractivity contribution is 5.96. The fourth-order valence-corrected chi connectivity index (χ4v) is 1.30. The first-order valence-corrected chi connectivity index (χ1v) is 4.22. The van der Waals surface area contributed by atoms with Crippen molar-refractivity contribution < 1.29 is 9.59 Å². The molecule has 15 heavy (non-hydrogen) atoms. The van der Waals surface area contributed by atoms with Crippen LogP contribution in [-0.4, -0.2) is 22.5 Å². The molecule has 0 amide bonds. The van der Waals surface area contributed by atoms with Crippen molar-refractivity contribution in [2.75, 3.05) is 0 Å². The van der Waals surface area contributed by atoms with Crippen LogP contribution in [0.2, 0.25) is 0 Å². The van der Waals surface area contributed by atoms with Gasteiger partial charge in [-0.05, 0) is 12.0 Å². The Labute approximate surface area is 85.3 Å². The quantitative estimate of drug-likeness (QED) is 0.547. The maximum atomic E-state index is 10.7. The molecule has 2 aromatic heterocycles.